The topological polar surface area (TPSA) is 33.6 Å². The molecule has 1 N–H and O–H groups in total. The molecule has 5 rings (SSSR count). The van der Waals surface area contributed by atoms with Crippen molar-refractivity contribution in [3.05, 3.63) is 10.6 Å². The van der Waals surface area contributed by atoms with Crippen molar-refractivity contribution in [2.45, 2.75) is 70.8 Å². The first kappa shape index (κ1) is 13.1. The summed E-state index contributed by atoms with van der Waals surface area (Å²) >= 11 is 5.48. The lowest BCUT2D eigenvalue weighted by atomic mass is 9.44. The highest BCUT2D eigenvalue weighted by atomic mass is 32.1. The van der Waals surface area contributed by atoms with E-state index in [0.29, 0.717) is 16.9 Å². The smallest absolute Gasteiger partial charge is 0.195 e. The van der Waals surface area contributed by atoms with Gasteiger partial charge in [-0.1, -0.05) is 6.92 Å². The lowest BCUT2D eigenvalue weighted by Gasteiger charge is -2.60. The van der Waals surface area contributed by atoms with Gasteiger partial charge < -0.3 is 4.57 Å². The third-order valence-corrected chi connectivity index (χ3v) is 6.34. The molecular weight excluding hydrogens is 266 g/mol. The number of rotatable bonds is 2. The van der Waals surface area contributed by atoms with E-state index in [2.05, 4.69) is 30.4 Å². The number of aromatic amines is 1. The van der Waals surface area contributed by atoms with E-state index in [4.69, 9.17) is 17.3 Å². The molecule has 20 heavy (non-hydrogen) atoms. The summed E-state index contributed by atoms with van der Waals surface area (Å²) < 4.78 is 3.09. The Morgan fingerprint density at radius 3 is 2.45 bits per heavy atom. The zero-order valence-corrected chi connectivity index (χ0v) is 13.6. The molecule has 0 amide bonds. The molecule has 0 saturated heterocycles. The van der Waals surface area contributed by atoms with Gasteiger partial charge >= 0.3 is 0 Å². The molecule has 1 aromatic rings. The van der Waals surface area contributed by atoms with Gasteiger partial charge in [-0.3, -0.25) is 5.10 Å². The fraction of sp³-hybridized carbons (Fsp3) is 0.875. The Bertz CT molecular complexity index is 583. The summed E-state index contributed by atoms with van der Waals surface area (Å²) in [7, 11) is 0. The average molecular weight is 291 g/mol. The Kier molecular flexibility index (Phi) is 2.59. The van der Waals surface area contributed by atoms with Crippen molar-refractivity contribution in [3.63, 3.8) is 0 Å². The van der Waals surface area contributed by atoms with Crippen LogP contribution in [-0.2, 0) is 5.41 Å². The van der Waals surface area contributed by atoms with E-state index in [-0.39, 0.29) is 0 Å². The quantitative estimate of drug-likeness (QED) is 0.820. The summed E-state index contributed by atoms with van der Waals surface area (Å²) in [6.45, 7) is 6.95. The first-order valence-electron chi connectivity index (χ1n) is 8.08. The molecule has 0 spiro atoms. The van der Waals surface area contributed by atoms with Crippen LogP contribution in [0.15, 0.2) is 0 Å². The molecule has 110 valence electrons. The maximum atomic E-state index is 5.48. The molecule has 4 aliphatic carbocycles. The fourth-order valence-electron chi connectivity index (χ4n) is 6.14. The van der Waals surface area contributed by atoms with E-state index in [9.17, 15) is 0 Å². The second-order valence-electron chi connectivity index (χ2n) is 8.37. The molecule has 4 bridgehead atoms. The van der Waals surface area contributed by atoms with Crippen molar-refractivity contribution in [1.82, 2.24) is 14.8 Å². The minimum atomic E-state index is 0.302. The minimum absolute atomic E-state index is 0.302. The molecule has 4 heteroatoms. The first-order chi connectivity index (χ1) is 9.41. The Morgan fingerprint density at radius 1 is 1.25 bits per heavy atom. The van der Waals surface area contributed by atoms with E-state index >= 15 is 0 Å². The Hall–Kier alpha value is -0.640. The summed E-state index contributed by atoms with van der Waals surface area (Å²) in [6, 6.07) is 0.400. The molecule has 0 aromatic carbocycles. The van der Waals surface area contributed by atoms with Gasteiger partial charge in [0.25, 0.3) is 0 Å². The highest BCUT2D eigenvalue weighted by Gasteiger charge is 2.58. The van der Waals surface area contributed by atoms with Crippen molar-refractivity contribution in [2.75, 3.05) is 0 Å². The summed E-state index contributed by atoms with van der Waals surface area (Å²) in [6.07, 6.45) is 8.34. The van der Waals surface area contributed by atoms with Crippen LogP contribution in [0.4, 0.5) is 0 Å². The van der Waals surface area contributed by atoms with Gasteiger partial charge in [-0.25, -0.2) is 0 Å². The number of hydrogen-bond donors (Lipinski definition) is 1. The SMILES string of the molecule is CC(C)n1c(C23CC4CC(CC(C)(C4)C2)C3)n[nH]c1=S. The maximum absolute atomic E-state index is 5.48. The highest BCUT2D eigenvalue weighted by Crippen LogP contribution is 2.65. The van der Waals surface area contributed by atoms with Gasteiger partial charge in [-0.15, -0.1) is 0 Å². The third kappa shape index (κ3) is 1.69. The second kappa shape index (κ2) is 3.96. The van der Waals surface area contributed by atoms with Crippen molar-refractivity contribution in [1.29, 1.82) is 0 Å². The van der Waals surface area contributed by atoms with Crippen LogP contribution in [0, 0.1) is 22.0 Å². The number of H-pyrrole nitrogens is 1. The normalized spacial score (nSPS) is 42.6. The summed E-state index contributed by atoms with van der Waals surface area (Å²) in [4.78, 5) is 0. The molecule has 4 aliphatic rings. The number of aromatic nitrogens is 3. The maximum Gasteiger partial charge on any atom is 0.195 e. The zero-order chi connectivity index (χ0) is 14.1. The molecule has 2 atom stereocenters. The van der Waals surface area contributed by atoms with Crippen LogP contribution in [0.1, 0.15) is 71.2 Å². The van der Waals surface area contributed by atoms with Crippen LogP contribution in [-0.4, -0.2) is 14.8 Å². The van der Waals surface area contributed by atoms with Gasteiger partial charge in [0.05, 0.1) is 0 Å². The van der Waals surface area contributed by atoms with Gasteiger partial charge in [0.1, 0.15) is 5.82 Å². The molecule has 0 aliphatic heterocycles. The molecular formula is C16H25N3S. The molecule has 4 fully saturated rings. The number of hydrogen-bond acceptors (Lipinski definition) is 2. The molecule has 0 radical (unpaired) electrons. The largest absolute Gasteiger partial charge is 0.301 e. The van der Waals surface area contributed by atoms with Gasteiger partial charge in [0, 0.05) is 11.5 Å². The molecule has 4 saturated carbocycles. The lowest BCUT2D eigenvalue weighted by Crippen LogP contribution is -2.54. The summed E-state index contributed by atoms with van der Waals surface area (Å²) in [5, 5.41) is 7.78. The first-order valence-corrected chi connectivity index (χ1v) is 8.49. The molecule has 1 heterocycles. The minimum Gasteiger partial charge on any atom is -0.301 e. The number of nitrogens with one attached hydrogen (secondary N) is 1. The Balaban J connectivity index is 1.84. The van der Waals surface area contributed by atoms with E-state index in [1.54, 1.807) is 0 Å². The van der Waals surface area contributed by atoms with E-state index in [1.165, 1.54) is 44.3 Å². The van der Waals surface area contributed by atoms with Gasteiger partial charge in [0.2, 0.25) is 0 Å². The Morgan fingerprint density at radius 2 is 1.90 bits per heavy atom. The van der Waals surface area contributed by atoms with Crippen LogP contribution in [0.25, 0.3) is 0 Å². The zero-order valence-electron chi connectivity index (χ0n) is 12.8. The average Bonchev–Trinajstić information content (AvgIpc) is 2.68. The van der Waals surface area contributed by atoms with Crippen molar-refractivity contribution >= 4 is 12.2 Å². The van der Waals surface area contributed by atoms with Crippen LogP contribution >= 0.6 is 12.2 Å². The Labute approximate surface area is 126 Å². The van der Waals surface area contributed by atoms with E-state index in [0.717, 1.165) is 16.6 Å². The predicted octanol–water partition coefficient (Wildman–Crippen LogP) is 4.38. The highest BCUT2D eigenvalue weighted by molar-refractivity contribution is 7.71. The van der Waals surface area contributed by atoms with Crippen LogP contribution in [0.2, 0.25) is 0 Å². The standard InChI is InChI=1S/C16H25N3S/c1-10(2)19-13(17-18-14(19)20)16-7-11-4-12(8-16)6-15(3,5-11)9-16/h10-12H,4-9H2,1-3H3,(H,18,20). The van der Waals surface area contributed by atoms with E-state index < -0.39 is 0 Å². The molecule has 2 unspecified atom stereocenters. The molecule has 3 nitrogen and oxygen atoms in total. The lowest BCUT2D eigenvalue weighted by molar-refractivity contribution is -0.0664. The van der Waals surface area contributed by atoms with E-state index in [1.807, 2.05) is 0 Å². The fourth-order valence-corrected chi connectivity index (χ4v) is 6.48. The van der Waals surface area contributed by atoms with Gasteiger partial charge in [-0.05, 0) is 81.8 Å². The van der Waals surface area contributed by atoms with Crippen molar-refractivity contribution < 1.29 is 0 Å². The van der Waals surface area contributed by atoms with Gasteiger partial charge in [0.15, 0.2) is 4.77 Å². The van der Waals surface area contributed by atoms with Crippen molar-refractivity contribution in [3.8, 4) is 0 Å². The third-order valence-electron chi connectivity index (χ3n) is 6.05. The van der Waals surface area contributed by atoms with Crippen molar-refractivity contribution in [2.24, 2.45) is 17.3 Å². The monoisotopic (exact) mass is 291 g/mol. The van der Waals surface area contributed by atoms with Crippen LogP contribution < -0.4 is 0 Å². The molecule has 1 aromatic heterocycles. The number of nitrogens with zero attached hydrogens (tertiary/aromatic N) is 2. The van der Waals surface area contributed by atoms with Gasteiger partial charge in [-0.2, -0.15) is 5.10 Å². The predicted molar refractivity (Wildman–Crippen MR) is 82.3 cm³/mol. The summed E-state index contributed by atoms with van der Waals surface area (Å²) in [5.74, 6) is 3.11. The van der Waals surface area contributed by atoms with Crippen LogP contribution in [0.3, 0.4) is 0 Å². The summed E-state index contributed by atoms with van der Waals surface area (Å²) in [5.41, 5.74) is 0.857. The second-order valence-corrected chi connectivity index (χ2v) is 8.75. The van der Waals surface area contributed by atoms with Crippen LogP contribution in [0.5, 0.6) is 0 Å².